The predicted octanol–water partition coefficient (Wildman–Crippen LogP) is 1.81. The van der Waals surface area contributed by atoms with Crippen molar-refractivity contribution in [1.82, 2.24) is 9.79 Å². The molecule has 0 spiro atoms. The lowest BCUT2D eigenvalue weighted by Crippen LogP contribution is -2.60. The van der Waals surface area contributed by atoms with Gasteiger partial charge >= 0.3 is 6.36 Å². The second kappa shape index (κ2) is 9.18. The third kappa shape index (κ3) is 5.22. The third-order valence-electron chi connectivity index (χ3n) is 5.41. The number of hydroxylamine groups is 1. The Morgan fingerprint density at radius 2 is 1.68 bits per heavy atom. The van der Waals surface area contributed by atoms with Crippen molar-refractivity contribution in [3.05, 3.63) is 24.3 Å². The number of alkyl halides is 3. The largest absolute Gasteiger partial charge is 0.573 e. The van der Waals surface area contributed by atoms with Crippen LogP contribution in [0.3, 0.4) is 0 Å². The zero-order chi connectivity index (χ0) is 22.7. The minimum atomic E-state index is -4.78. The molecule has 0 aromatic heterocycles. The van der Waals surface area contributed by atoms with Gasteiger partial charge in [0.2, 0.25) is 10.0 Å². The second-order valence-corrected chi connectivity index (χ2v) is 9.54. The zero-order valence-corrected chi connectivity index (χ0v) is 17.2. The average molecular weight is 468 g/mol. The van der Waals surface area contributed by atoms with Gasteiger partial charge < -0.3 is 14.2 Å². The van der Waals surface area contributed by atoms with E-state index in [0.29, 0.717) is 18.6 Å². The van der Waals surface area contributed by atoms with Crippen LogP contribution < -0.4 is 15.0 Å². The van der Waals surface area contributed by atoms with Crippen LogP contribution in [0.1, 0.15) is 25.7 Å². The van der Waals surface area contributed by atoms with Crippen LogP contribution in [0.25, 0.3) is 0 Å². The average Bonchev–Trinajstić information content (AvgIpc) is 2.74. The van der Waals surface area contributed by atoms with Crippen LogP contribution >= 0.6 is 0 Å². The Morgan fingerprint density at radius 1 is 1.13 bits per heavy atom. The first-order chi connectivity index (χ1) is 14.6. The number of nitrogens with zero attached hydrogens (tertiary/aromatic N) is 1. The monoisotopic (exact) mass is 468 g/mol. The maximum absolute atomic E-state index is 13.2. The van der Waals surface area contributed by atoms with Gasteiger partial charge in [-0.1, -0.05) is 0 Å². The van der Waals surface area contributed by atoms with Crippen LogP contribution in [-0.4, -0.2) is 67.4 Å². The summed E-state index contributed by atoms with van der Waals surface area (Å²) in [6.45, 7) is 0.369. The summed E-state index contributed by atoms with van der Waals surface area (Å²) in [5.41, 5.74) is 1.48. The van der Waals surface area contributed by atoms with E-state index in [9.17, 15) is 26.4 Å². The number of hydrogen-bond donors (Lipinski definition) is 2. The van der Waals surface area contributed by atoms with E-state index in [1.165, 1.54) is 21.9 Å². The molecular formula is C18H23F3N2O7S. The van der Waals surface area contributed by atoms with Gasteiger partial charge in [-0.05, 0) is 37.1 Å². The van der Waals surface area contributed by atoms with Crippen molar-refractivity contribution >= 4 is 15.9 Å². The number of piperidine rings is 1. The summed E-state index contributed by atoms with van der Waals surface area (Å²) >= 11 is 0. The maximum Gasteiger partial charge on any atom is 0.573 e. The highest BCUT2D eigenvalue weighted by molar-refractivity contribution is 7.91. The molecule has 2 aliphatic heterocycles. The molecule has 2 fully saturated rings. The van der Waals surface area contributed by atoms with Gasteiger partial charge in [0.15, 0.2) is 4.75 Å². The molecule has 174 valence electrons. The van der Waals surface area contributed by atoms with Crippen molar-refractivity contribution in [2.75, 3.05) is 26.3 Å². The topological polar surface area (TPSA) is 114 Å². The fourth-order valence-corrected chi connectivity index (χ4v) is 5.90. The summed E-state index contributed by atoms with van der Waals surface area (Å²) in [6, 6.07) is 4.94. The molecule has 0 bridgehead atoms. The quantitative estimate of drug-likeness (QED) is 0.484. The second-order valence-electron chi connectivity index (χ2n) is 7.29. The van der Waals surface area contributed by atoms with E-state index in [1.54, 1.807) is 0 Å². The molecular weight excluding hydrogens is 445 g/mol. The van der Waals surface area contributed by atoms with Crippen LogP contribution in [0.5, 0.6) is 11.5 Å². The van der Waals surface area contributed by atoms with Crippen LogP contribution in [-0.2, 0) is 19.6 Å². The molecule has 0 radical (unpaired) electrons. The number of sulfonamides is 1. The van der Waals surface area contributed by atoms with Gasteiger partial charge in [-0.2, -0.15) is 0 Å². The van der Waals surface area contributed by atoms with Gasteiger partial charge in [-0.3, -0.25) is 10.0 Å². The molecule has 31 heavy (non-hydrogen) atoms. The molecule has 2 heterocycles. The van der Waals surface area contributed by atoms with Gasteiger partial charge in [0.25, 0.3) is 5.91 Å². The van der Waals surface area contributed by atoms with Crippen LogP contribution in [0, 0.1) is 0 Å². The number of halogens is 3. The summed E-state index contributed by atoms with van der Waals surface area (Å²) in [7, 11) is -4.07. The Labute approximate surface area is 177 Å². The SMILES string of the molecule is O=C(NO)C1(S(=O)(=O)N2CCC(Oc3ccc(OC(F)(F)F)cc3)CC2)CCOCC1. The molecule has 2 N–H and O–H groups in total. The lowest BCUT2D eigenvalue weighted by Gasteiger charge is -2.40. The van der Waals surface area contributed by atoms with E-state index in [1.807, 2.05) is 0 Å². The molecule has 0 saturated carbocycles. The number of carbonyl (C=O) groups excluding carboxylic acids is 1. The van der Waals surface area contributed by atoms with Crippen LogP contribution in [0.4, 0.5) is 13.2 Å². The standard InChI is InChI=1S/C18H23F3N2O7S/c19-18(20,21)30-15-3-1-13(2-4-15)29-14-5-9-23(10-6-14)31(26,27)17(16(24)22-25)7-11-28-12-8-17/h1-4,14,25H,5-12H2,(H,22,24). The maximum atomic E-state index is 13.2. The van der Waals surface area contributed by atoms with Crippen molar-refractivity contribution in [2.45, 2.75) is 42.9 Å². The molecule has 2 aliphatic rings. The van der Waals surface area contributed by atoms with Crippen molar-refractivity contribution in [2.24, 2.45) is 0 Å². The molecule has 1 amide bonds. The third-order valence-corrected chi connectivity index (χ3v) is 8.04. The summed E-state index contributed by atoms with van der Waals surface area (Å²) in [5, 5.41) is 9.09. The Hall–Kier alpha value is -2.09. The van der Waals surface area contributed by atoms with E-state index in [2.05, 4.69) is 4.74 Å². The van der Waals surface area contributed by atoms with Gasteiger partial charge in [-0.25, -0.2) is 18.2 Å². The fraction of sp³-hybridized carbons (Fsp3) is 0.611. The Bertz CT molecular complexity index is 863. The molecule has 13 heteroatoms. The number of carbonyl (C=O) groups is 1. The first-order valence-corrected chi connectivity index (χ1v) is 11.1. The Balaban J connectivity index is 1.61. The number of benzene rings is 1. The van der Waals surface area contributed by atoms with Crippen LogP contribution in [0.2, 0.25) is 0 Å². The van der Waals surface area contributed by atoms with Crippen molar-refractivity contribution in [3.8, 4) is 11.5 Å². The van der Waals surface area contributed by atoms with Gasteiger partial charge in [0, 0.05) is 39.1 Å². The lowest BCUT2D eigenvalue weighted by atomic mass is 9.98. The summed E-state index contributed by atoms with van der Waals surface area (Å²) in [6.07, 6.45) is -4.61. The van der Waals surface area contributed by atoms with Gasteiger partial charge in [-0.15, -0.1) is 13.2 Å². The highest BCUT2D eigenvalue weighted by Gasteiger charge is 2.54. The number of nitrogens with one attached hydrogen (secondary N) is 1. The minimum absolute atomic E-state index is 0.0650. The summed E-state index contributed by atoms with van der Waals surface area (Å²) in [4.78, 5) is 12.3. The van der Waals surface area contributed by atoms with Gasteiger partial charge in [0.1, 0.15) is 17.6 Å². The predicted molar refractivity (Wildman–Crippen MR) is 100.0 cm³/mol. The molecule has 0 atom stereocenters. The summed E-state index contributed by atoms with van der Waals surface area (Å²) in [5.74, 6) is -1.02. The molecule has 9 nitrogen and oxygen atoms in total. The molecule has 0 aliphatic carbocycles. The first kappa shape index (κ1) is 23.6. The molecule has 3 rings (SSSR count). The Kier molecular flexibility index (Phi) is 6.98. The molecule has 1 aromatic rings. The molecule has 0 unspecified atom stereocenters. The normalized spacial score (nSPS) is 20.8. The van der Waals surface area contributed by atoms with E-state index in [-0.39, 0.29) is 51.0 Å². The van der Waals surface area contributed by atoms with E-state index >= 15 is 0 Å². The van der Waals surface area contributed by atoms with E-state index in [4.69, 9.17) is 14.7 Å². The number of ether oxygens (including phenoxy) is 3. The first-order valence-electron chi connectivity index (χ1n) is 9.62. The van der Waals surface area contributed by atoms with E-state index in [0.717, 1.165) is 12.1 Å². The van der Waals surface area contributed by atoms with Crippen molar-refractivity contribution < 1.29 is 45.8 Å². The number of rotatable bonds is 6. The number of hydrogen-bond acceptors (Lipinski definition) is 7. The van der Waals surface area contributed by atoms with Crippen molar-refractivity contribution in [3.63, 3.8) is 0 Å². The summed E-state index contributed by atoms with van der Waals surface area (Å²) < 4.78 is 77.3. The smallest absolute Gasteiger partial charge is 0.490 e. The van der Waals surface area contributed by atoms with Crippen LogP contribution in [0.15, 0.2) is 24.3 Å². The minimum Gasteiger partial charge on any atom is -0.490 e. The van der Waals surface area contributed by atoms with E-state index < -0.39 is 27.0 Å². The lowest BCUT2D eigenvalue weighted by molar-refractivity contribution is -0.274. The van der Waals surface area contributed by atoms with Gasteiger partial charge in [0.05, 0.1) is 0 Å². The fourth-order valence-electron chi connectivity index (χ4n) is 3.75. The Morgan fingerprint density at radius 3 is 2.19 bits per heavy atom. The zero-order valence-electron chi connectivity index (χ0n) is 16.4. The number of amides is 1. The highest BCUT2D eigenvalue weighted by Crippen LogP contribution is 2.35. The highest BCUT2D eigenvalue weighted by atomic mass is 32.2. The molecule has 2 saturated heterocycles. The van der Waals surface area contributed by atoms with Crippen molar-refractivity contribution in [1.29, 1.82) is 0 Å². The molecule has 1 aromatic carbocycles.